The van der Waals surface area contributed by atoms with Crippen LogP contribution >= 0.6 is 0 Å². The number of hydrogen-bond donors (Lipinski definition) is 0. The number of aromatic nitrogens is 1. The van der Waals surface area contributed by atoms with E-state index in [0.29, 0.717) is 0 Å². The van der Waals surface area contributed by atoms with E-state index in [1.165, 1.54) is 38.5 Å². The lowest BCUT2D eigenvalue weighted by Gasteiger charge is -2.24. The van der Waals surface area contributed by atoms with Gasteiger partial charge in [-0.05, 0) is 31.7 Å². The van der Waals surface area contributed by atoms with Crippen LogP contribution in [0.15, 0.2) is 18.5 Å². The minimum absolute atomic E-state index is 0.158. The highest BCUT2D eigenvalue weighted by Crippen LogP contribution is 2.21. The van der Waals surface area contributed by atoms with E-state index in [0.717, 1.165) is 50.3 Å². The quantitative estimate of drug-likeness (QED) is 0.839. The van der Waals surface area contributed by atoms with Gasteiger partial charge in [0.05, 0.1) is 17.4 Å². The van der Waals surface area contributed by atoms with Crippen molar-refractivity contribution < 1.29 is 4.79 Å². The summed E-state index contributed by atoms with van der Waals surface area (Å²) in [4.78, 5) is 21.5. The maximum absolute atomic E-state index is 12.7. The summed E-state index contributed by atoms with van der Waals surface area (Å²) in [5.41, 5.74) is 1.87. The first kappa shape index (κ1) is 15.3. The zero-order chi connectivity index (χ0) is 15.2. The average molecular weight is 301 g/mol. The van der Waals surface area contributed by atoms with Crippen molar-refractivity contribution in [1.82, 2.24) is 9.88 Å². The molecule has 0 bridgehead atoms. The first-order valence-electron chi connectivity index (χ1n) is 8.84. The van der Waals surface area contributed by atoms with Gasteiger partial charge in [-0.25, -0.2) is 0 Å². The number of likely N-dealkylation sites (tertiary alicyclic amines) is 1. The van der Waals surface area contributed by atoms with Crippen molar-refractivity contribution in [3.8, 4) is 0 Å². The third-order valence-electron chi connectivity index (χ3n) is 4.84. The molecule has 2 fully saturated rings. The Morgan fingerprint density at radius 2 is 1.41 bits per heavy atom. The second-order valence-corrected chi connectivity index (χ2v) is 6.54. The van der Waals surface area contributed by atoms with Crippen molar-refractivity contribution in [1.29, 1.82) is 0 Å². The van der Waals surface area contributed by atoms with E-state index >= 15 is 0 Å². The molecule has 0 unspecified atom stereocenters. The zero-order valence-electron chi connectivity index (χ0n) is 13.5. The predicted molar refractivity (Wildman–Crippen MR) is 89.3 cm³/mol. The highest BCUT2D eigenvalue weighted by molar-refractivity contribution is 5.94. The number of anilines is 1. The Bertz CT molecular complexity index is 487. The molecule has 22 heavy (non-hydrogen) atoms. The molecule has 1 aromatic rings. The van der Waals surface area contributed by atoms with E-state index in [2.05, 4.69) is 9.88 Å². The van der Waals surface area contributed by atoms with Gasteiger partial charge >= 0.3 is 0 Å². The summed E-state index contributed by atoms with van der Waals surface area (Å²) in [5, 5.41) is 0. The van der Waals surface area contributed by atoms with Gasteiger partial charge in [0.15, 0.2) is 0 Å². The lowest BCUT2D eigenvalue weighted by Crippen LogP contribution is -2.32. The molecule has 3 heterocycles. The Morgan fingerprint density at radius 3 is 2.05 bits per heavy atom. The molecule has 2 aliphatic heterocycles. The molecule has 4 nitrogen and oxygen atoms in total. The Kier molecular flexibility index (Phi) is 5.30. The summed E-state index contributed by atoms with van der Waals surface area (Å²) in [6, 6.07) is 2.05. The molecule has 2 saturated heterocycles. The molecule has 1 aromatic heterocycles. The third kappa shape index (κ3) is 3.79. The van der Waals surface area contributed by atoms with Crippen molar-refractivity contribution in [2.75, 3.05) is 31.1 Å². The molecule has 0 saturated carbocycles. The van der Waals surface area contributed by atoms with Gasteiger partial charge in [0.1, 0.15) is 0 Å². The van der Waals surface area contributed by atoms with Crippen LogP contribution in [0.3, 0.4) is 0 Å². The number of nitrogens with zero attached hydrogens (tertiary/aromatic N) is 3. The minimum atomic E-state index is 0.158. The molecule has 0 aromatic carbocycles. The van der Waals surface area contributed by atoms with Gasteiger partial charge in [-0.3, -0.25) is 9.78 Å². The lowest BCUT2D eigenvalue weighted by molar-refractivity contribution is 0.0761. The second kappa shape index (κ2) is 7.61. The highest BCUT2D eigenvalue weighted by atomic mass is 16.2. The molecule has 0 N–H and O–H groups in total. The maximum atomic E-state index is 12.7. The van der Waals surface area contributed by atoms with E-state index in [-0.39, 0.29) is 5.91 Å². The van der Waals surface area contributed by atoms with Gasteiger partial charge in [-0.15, -0.1) is 0 Å². The fourth-order valence-electron chi connectivity index (χ4n) is 3.50. The van der Waals surface area contributed by atoms with Crippen LogP contribution in [0, 0.1) is 0 Å². The van der Waals surface area contributed by atoms with Gasteiger partial charge in [0, 0.05) is 32.4 Å². The number of rotatable bonds is 2. The Labute approximate surface area is 133 Å². The van der Waals surface area contributed by atoms with Crippen molar-refractivity contribution >= 4 is 11.6 Å². The van der Waals surface area contributed by atoms with Crippen LogP contribution in [-0.4, -0.2) is 42.0 Å². The van der Waals surface area contributed by atoms with Gasteiger partial charge in [-0.2, -0.15) is 0 Å². The second-order valence-electron chi connectivity index (χ2n) is 6.54. The highest BCUT2D eigenvalue weighted by Gasteiger charge is 2.19. The van der Waals surface area contributed by atoms with Gasteiger partial charge in [0.25, 0.3) is 5.91 Å². The first-order chi connectivity index (χ1) is 10.8. The average Bonchev–Trinajstić information content (AvgIpc) is 2.99. The van der Waals surface area contributed by atoms with Gasteiger partial charge < -0.3 is 9.80 Å². The summed E-state index contributed by atoms with van der Waals surface area (Å²) in [5.74, 6) is 0.158. The SMILES string of the molecule is O=C(c1cncc(N2CCCCCC2)c1)N1CCCCCC1. The summed E-state index contributed by atoms with van der Waals surface area (Å²) in [6.07, 6.45) is 13.5. The standard InChI is InChI=1S/C18H27N3O/c22-18(21-11-7-3-4-8-12-21)16-13-17(15-19-14-16)20-9-5-1-2-6-10-20/h13-15H,1-12H2. The molecule has 0 radical (unpaired) electrons. The Balaban J connectivity index is 1.73. The van der Waals surface area contributed by atoms with Crippen molar-refractivity contribution in [2.45, 2.75) is 51.4 Å². The summed E-state index contributed by atoms with van der Waals surface area (Å²) < 4.78 is 0. The summed E-state index contributed by atoms with van der Waals surface area (Å²) in [7, 11) is 0. The smallest absolute Gasteiger partial charge is 0.255 e. The third-order valence-corrected chi connectivity index (χ3v) is 4.84. The Hall–Kier alpha value is -1.58. The molecular formula is C18H27N3O. The van der Waals surface area contributed by atoms with E-state index < -0.39 is 0 Å². The minimum Gasteiger partial charge on any atom is -0.370 e. The monoisotopic (exact) mass is 301 g/mol. The fourth-order valence-corrected chi connectivity index (χ4v) is 3.50. The number of pyridine rings is 1. The molecule has 3 rings (SSSR count). The normalized spacial score (nSPS) is 20.4. The van der Waals surface area contributed by atoms with Crippen LogP contribution in [0.4, 0.5) is 5.69 Å². The zero-order valence-corrected chi connectivity index (χ0v) is 13.5. The molecule has 1 amide bonds. The molecule has 120 valence electrons. The molecule has 0 atom stereocenters. The summed E-state index contributed by atoms with van der Waals surface area (Å²) in [6.45, 7) is 3.96. The topological polar surface area (TPSA) is 36.4 Å². The van der Waals surface area contributed by atoms with Crippen LogP contribution < -0.4 is 4.90 Å². The molecular weight excluding hydrogens is 274 g/mol. The van der Waals surface area contributed by atoms with E-state index in [4.69, 9.17) is 0 Å². The number of carbonyl (C=O) groups is 1. The maximum Gasteiger partial charge on any atom is 0.255 e. The van der Waals surface area contributed by atoms with Crippen molar-refractivity contribution in [2.24, 2.45) is 0 Å². The van der Waals surface area contributed by atoms with Crippen LogP contribution in [0.5, 0.6) is 0 Å². The van der Waals surface area contributed by atoms with E-state index in [1.807, 2.05) is 17.2 Å². The van der Waals surface area contributed by atoms with Crippen LogP contribution in [-0.2, 0) is 0 Å². The number of hydrogen-bond acceptors (Lipinski definition) is 3. The van der Waals surface area contributed by atoms with Gasteiger partial charge in [-0.1, -0.05) is 25.7 Å². The molecule has 0 spiro atoms. The van der Waals surface area contributed by atoms with Crippen molar-refractivity contribution in [3.05, 3.63) is 24.0 Å². The fraction of sp³-hybridized carbons (Fsp3) is 0.667. The molecule has 4 heteroatoms. The largest absolute Gasteiger partial charge is 0.370 e. The molecule has 2 aliphatic rings. The Morgan fingerprint density at radius 1 is 0.818 bits per heavy atom. The number of amides is 1. The lowest BCUT2D eigenvalue weighted by atomic mass is 10.2. The molecule has 0 aliphatic carbocycles. The van der Waals surface area contributed by atoms with Crippen LogP contribution in [0.25, 0.3) is 0 Å². The summed E-state index contributed by atoms with van der Waals surface area (Å²) >= 11 is 0. The van der Waals surface area contributed by atoms with Crippen LogP contribution in [0.2, 0.25) is 0 Å². The van der Waals surface area contributed by atoms with Crippen LogP contribution in [0.1, 0.15) is 61.7 Å². The number of carbonyl (C=O) groups excluding carboxylic acids is 1. The van der Waals surface area contributed by atoms with E-state index in [9.17, 15) is 4.79 Å². The van der Waals surface area contributed by atoms with Crippen molar-refractivity contribution in [3.63, 3.8) is 0 Å². The van der Waals surface area contributed by atoms with Gasteiger partial charge in [0.2, 0.25) is 0 Å². The van der Waals surface area contributed by atoms with E-state index in [1.54, 1.807) is 6.20 Å². The first-order valence-corrected chi connectivity index (χ1v) is 8.84. The predicted octanol–water partition coefficient (Wildman–Crippen LogP) is 3.48.